The Bertz CT molecular complexity index is 372. The Morgan fingerprint density at radius 1 is 1.20 bits per heavy atom. The average molecular weight is 355 g/mol. The van der Waals surface area contributed by atoms with Crippen molar-refractivity contribution in [3.05, 3.63) is 0 Å². The zero-order valence-electron chi connectivity index (χ0n) is 16.3. The fraction of sp³-hybridized carbons (Fsp3) is 0.947. The molecular formula is C19H38N4O2. The van der Waals surface area contributed by atoms with Gasteiger partial charge in [-0.3, -0.25) is 4.99 Å². The topological polar surface area (TPSA) is 58.1 Å². The summed E-state index contributed by atoms with van der Waals surface area (Å²) in [5.74, 6) is 1.75. The molecule has 0 amide bonds. The van der Waals surface area contributed by atoms with Crippen molar-refractivity contribution in [2.75, 3.05) is 59.6 Å². The van der Waals surface area contributed by atoms with Crippen LogP contribution in [0.5, 0.6) is 0 Å². The minimum Gasteiger partial charge on any atom is -0.379 e. The lowest BCUT2D eigenvalue weighted by Gasteiger charge is -2.30. The van der Waals surface area contributed by atoms with Crippen LogP contribution in [0.15, 0.2) is 4.99 Å². The molecule has 2 atom stereocenters. The molecule has 2 N–H and O–H groups in total. The molecule has 0 spiro atoms. The number of likely N-dealkylation sites (tertiary alicyclic amines) is 1. The van der Waals surface area contributed by atoms with Gasteiger partial charge in [-0.1, -0.05) is 6.92 Å². The first kappa shape index (κ1) is 20.5. The molecule has 2 unspecified atom stereocenters. The highest BCUT2D eigenvalue weighted by Gasteiger charge is 2.16. The minimum atomic E-state index is 0.324. The maximum Gasteiger partial charge on any atom is 0.190 e. The Hall–Kier alpha value is -0.850. The quantitative estimate of drug-likeness (QED) is 0.356. The van der Waals surface area contributed by atoms with Crippen LogP contribution in [0, 0.1) is 5.92 Å². The molecule has 2 heterocycles. The molecule has 2 fully saturated rings. The number of hydrogen-bond donors (Lipinski definition) is 2. The van der Waals surface area contributed by atoms with E-state index in [1.165, 1.54) is 38.9 Å². The van der Waals surface area contributed by atoms with Gasteiger partial charge in [0.2, 0.25) is 0 Å². The zero-order chi connectivity index (χ0) is 17.7. The van der Waals surface area contributed by atoms with Crippen molar-refractivity contribution in [2.24, 2.45) is 10.9 Å². The zero-order valence-corrected chi connectivity index (χ0v) is 16.3. The van der Waals surface area contributed by atoms with Gasteiger partial charge in [0.25, 0.3) is 0 Å². The van der Waals surface area contributed by atoms with Crippen LogP contribution in [0.25, 0.3) is 0 Å². The van der Waals surface area contributed by atoms with Crippen molar-refractivity contribution in [1.82, 2.24) is 15.5 Å². The summed E-state index contributed by atoms with van der Waals surface area (Å²) < 4.78 is 11.2. The predicted molar refractivity (Wildman–Crippen MR) is 103 cm³/mol. The number of piperidine rings is 1. The van der Waals surface area contributed by atoms with Crippen LogP contribution in [0.3, 0.4) is 0 Å². The number of rotatable bonds is 10. The molecule has 0 radical (unpaired) electrons. The third-order valence-electron chi connectivity index (χ3n) is 4.99. The second-order valence-electron chi connectivity index (χ2n) is 7.39. The summed E-state index contributed by atoms with van der Waals surface area (Å²) in [5, 5.41) is 6.76. The summed E-state index contributed by atoms with van der Waals surface area (Å²) in [7, 11) is 1.83. The summed E-state index contributed by atoms with van der Waals surface area (Å²) in [5.41, 5.74) is 0. The molecule has 0 bridgehead atoms. The third kappa shape index (κ3) is 8.88. The Kier molecular flexibility index (Phi) is 10.2. The first-order chi connectivity index (χ1) is 12.3. The summed E-state index contributed by atoms with van der Waals surface area (Å²) in [6.45, 7) is 10.3. The third-order valence-corrected chi connectivity index (χ3v) is 4.99. The smallest absolute Gasteiger partial charge is 0.190 e. The lowest BCUT2D eigenvalue weighted by Crippen LogP contribution is -2.40. The predicted octanol–water partition coefficient (Wildman–Crippen LogP) is 1.86. The minimum absolute atomic E-state index is 0.324. The van der Waals surface area contributed by atoms with Crippen LogP contribution >= 0.6 is 0 Å². The van der Waals surface area contributed by atoms with E-state index in [2.05, 4.69) is 27.4 Å². The SMILES string of the molecule is CN=C(NCCCOCC1CCCO1)NCCCN1CCCC(C)C1. The first-order valence-corrected chi connectivity index (χ1v) is 10.1. The van der Waals surface area contributed by atoms with Crippen molar-refractivity contribution >= 4 is 5.96 Å². The highest BCUT2D eigenvalue weighted by Crippen LogP contribution is 2.15. The lowest BCUT2D eigenvalue weighted by atomic mass is 10.0. The largest absolute Gasteiger partial charge is 0.379 e. The summed E-state index contributed by atoms with van der Waals surface area (Å²) >= 11 is 0. The van der Waals surface area contributed by atoms with Gasteiger partial charge in [-0.25, -0.2) is 0 Å². The molecule has 2 saturated heterocycles. The van der Waals surface area contributed by atoms with Crippen LogP contribution in [-0.4, -0.2) is 76.6 Å². The highest BCUT2D eigenvalue weighted by atomic mass is 16.5. The van der Waals surface area contributed by atoms with Gasteiger partial charge in [-0.2, -0.15) is 0 Å². The second kappa shape index (κ2) is 12.5. The van der Waals surface area contributed by atoms with Crippen LogP contribution in [-0.2, 0) is 9.47 Å². The van der Waals surface area contributed by atoms with Gasteiger partial charge in [0.05, 0.1) is 12.7 Å². The van der Waals surface area contributed by atoms with E-state index in [9.17, 15) is 0 Å². The van der Waals surface area contributed by atoms with Gasteiger partial charge < -0.3 is 25.0 Å². The standard InChI is InChI=1S/C19H38N4O2/c1-17-7-3-11-23(15-17)12-5-9-21-19(20-2)22-10-6-13-24-16-18-8-4-14-25-18/h17-18H,3-16H2,1-2H3,(H2,20,21,22). The Morgan fingerprint density at radius 3 is 2.76 bits per heavy atom. The molecule has 6 heteroatoms. The molecule has 2 aliphatic rings. The van der Waals surface area contributed by atoms with E-state index in [0.717, 1.165) is 64.1 Å². The Balaban J connectivity index is 1.42. The van der Waals surface area contributed by atoms with Gasteiger partial charge >= 0.3 is 0 Å². The fourth-order valence-corrected chi connectivity index (χ4v) is 3.59. The van der Waals surface area contributed by atoms with E-state index in [1.807, 2.05) is 7.05 Å². The van der Waals surface area contributed by atoms with E-state index < -0.39 is 0 Å². The molecule has 146 valence electrons. The molecule has 2 aliphatic heterocycles. The summed E-state index contributed by atoms with van der Waals surface area (Å²) in [6, 6.07) is 0. The molecule has 25 heavy (non-hydrogen) atoms. The molecule has 2 rings (SSSR count). The van der Waals surface area contributed by atoms with Gasteiger partial charge in [-0.15, -0.1) is 0 Å². The molecule has 6 nitrogen and oxygen atoms in total. The van der Waals surface area contributed by atoms with Crippen molar-refractivity contribution in [3.63, 3.8) is 0 Å². The Morgan fingerprint density at radius 2 is 2.04 bits per heavy atom. The van der Waals surface area contributed by atoms with Crippen molar-refractivity contribution in [2.45, 2.75) is 51.6 Å². The van der Waals surface area contributed by atoms with E-state index in [1.54, 1.807) is 0 Å². The first-order valence-electron chi connectivity index (χ1n) is 10.1. The number of ether oxygens (including phenoxy) is 2. The van der Waals surface area contributed by atoms with Crippen LogP contribution in [0.1, 0.15) is 45.4 Å². The maximum atomic E-state index is 5.68. The van der Waals surface area contributed by atoms with Gasteiger partial charge in [0, 0.05) is 39.9 Å². The van der Waals surface area contributed by atoms with Gasteiger partial charge in [0.15, 0.2) is 5.96 Å². The van der Waals surface area contributed by atoms with E-state index in [-0.39, 0.29) is 0 Å². The van der Waals surface area contributed by atoms with Gasteiger partial charge in [0.1, 0.15) is 0 Å². The number of hydrogen-bond acceptors (Lipinski definition) is 4. The summed E-state index contributed by atoms with van der Waals surface area (Å²) in [6.07, 6.45) is 7.54. The number of aliphatic imine (C=N–C) groups is 1. The number of nitrogens with one attached hydrogen (secondary N) is 2. The van der Waals surface area contributed by atoms with E-state index >= 15 is 0 Å². The molecule has 0 saturated carbocycles. The lowest BCUT2D eigenvalue weighted by molar-refractivity contribution is 0.0168. The van der Waals surface area contributed by atoms with E-state index in [4.69, 9.17) is 9.47 Å². The summed E-state index contributed by atoms with van der Waals surface area (Å²) in [4.78, 5) is 6.88. The van der Waals surface area contributed by atoms with Crippen LogP contribution < -0.4 is 10.6 Å². The highest BCUT2D eigenvalue weighted by molar-refractivity contribution is 5.79. The molecule has 0 aliphatic carbocycles. The van der Waals surface area contributed by atoms with Crippen molar-refractivity contribution in [3.8, 4) is 0 Å². The fourth-order valence-electron chi connectivity index (χ4n) is 3.59. The maximum absolute atomic E-state index is 5.68. The van der Waals surface area contributed by atoms with E-state index in [0.29, 0.717) is 6.10 Å². The Labute approximate surface area is 153 Å². The normalized spacial score (nSPS) is 25.3. The van der Waals surface area contributed by atoms with Crippen LogP contribution in [0.2, 0.25) is 0 Å². The molecule has 0 aromatic heterocycles. The van der Waals surface area contributed by atoms with Crippen molar-refractivity contribution in [1.29, 1.82) is 0 Å². The number of guanidine groups is 1. The average Bonchev–Trinajstić information content (AvgIpc) is 3.13. The monoisotopic (exact) mass is 354 g/mol. The van der Waals surface area contributed by atoms with Gasteiger partial charge in [-0.05, 0) is 57.5 Å². The molecule has 0 aromatic rings. The second-order valence-corrected chi connectivity index (χ2v) is 7.39. The molecular weight excluding hydrogens is 316 g/mol. The van der Waals surface area contributed by atoms with Crippen LogP contribution in [0.4, 0.5) is 0 Å². The molecule has 0 aromatic carbocycles. The number of nitrogens with zero attached hydrogens (tertiary/aromatic N) is 2. The van der Waals surface area contributed by atoms with Crippen molar-refractivity contribution < 1.29 is 9.47 Å².